The lowest BCUT2D eigenvalue weighted by Crippen LogP contribution is -2.25. The van der Waals surface area contributed by atoms with E-state index in [4.69, 9.17) is 4.74 Å². The van der Waals surface area contributed by atoms with Gasteiger partial charge in [0, 0.05) is 37.3 Å². The average Bonchev–Trinajstić information content (AvgIpc) is 2.67. The molecule has 0 aliphatic carbocycles. The lowest BCUT2D eigenvalue weighted by molar-refractivity contribution is 0.325. The van der Waals surface area contributed by atoms with Crippen LogP contribution in [0.4, 0.5) is 5.69 Å². The van der Waals surface area contributed by atoms with Gasteiger partial charge in [-0.25, -0.2) is 0 Å². The van der Waals surface area contributed by atoms with Crippen molar-refractivity contribution in [2.45, 2.75) is 25.7 Å². The minimum absolute atomic E-state index is 0.859. The van der Waals surface area contributed by atoms with Gasteiger partial charge in [0.15, 0.2) is 0 Å². The minimum atomic E-state index is 0.859. The number of anilines is 1. The van der Waals surface area contributed by atoms with Gasteiger partial charge in [0.2, 0.25) is 0 Å². The third-order valence-corrected chi connectivity index (χ3v) is 4.41. The molecular weight excluding hydrogens is 322 g/mol. The monoisotopic (exact) mass is 353 g/mol. The number of rotatable bonds is 13. The lowest BCUT2D eigenvalue weighted by Gasteiger charge is -2.18. The fraction of sp³-hybridized carbons (Fsp3) is 0.409. The third kappa shape index (κ3) is 6.19. The molecule has 0 bridgehead atoms. The van der Waals surface area contributed by atoms with E-state index in [2.05, 4.69) is 34.4 Å². The van der Waals surface area contributed by atoms with Gasteiger partial charge in [-0.3, -0.25) is 9.88 Å². The Morgan fingerprint density at radius 1 is 1.12 bits per heavy atom. The van der Waals surface area contributed by atoms with Gasteiger partial charge >= 0.3 is 0 Å². The summed E-state index contributed by atoms with van der Waals surface area (Å²) in [6.07, 6.45) is 10.6. The van der Waals surface area contributed by atoms with Crippen LogP contribution in [-0.2, 0) is 0 Å². The second kappa shape index (κ2) is 11.3. The second-order valence-electron chi connectivity index (χ2n) is 6.43. The predicted octanol–water partition coefficient (Wildman–Crippen LogP) is 4.89. The van der Waals surface area contributed by atoms with Crippen molar-refractivity contribution in [2.75, 3.05) is 38.6 Å². The molecule has 0 fully saturated rings. The molecule has 2 aromatic rings. The van der Waals surface area contributed by atoms with Crippen LogP contribution in [0.15, 0.2) is 55.8 Å². The molecule has 4 heteroatoms. The number of pyridine rings is 1. The maximum Gasteiger partial charge on any atom is 0.121 e. The summed E-state index contributed by atoms with van der Waals surface area (Å²) in [5.41, 5.74) is 2.04. The molecular formula is C22H31N3O. The lowest BCUT2D eigenvalue weighted by atomic mass is 10.1. The Bertz CT molecular complexity index is 689. The van der Waals surface area contributed by atoms with Gasteiger partial charge in [-0.2, -0.15) is 0 Å². The molecule has 1 aromatic carbocycles. The van der Waals surface area contributed by atoms with E-state index in [9.17, 15) is 0 Å². The van der Waals surface area contributed by atoms with Crippen molar-refractivity contribution in [3.63, 3.8) is 0 Å². The van der Waals surface area contributed by atoms with Crippen LogP contribution in [0.2, 0.25) is 0 Å². The predicted molar refractivity (Wildman–Crippen MR) is 112 cm³/mol. The molecule has 0 aliphatic heterocycles. The number of nitrogens with zero attached hydrogens (tertiary/aromatic N) is 2. The van der Waals surface area contributed by atoms with E-state index >= 15 is 0 Å². The number of fused-ring (bicyclic) bond motifs is 1. The molecule has 26 heavy (non-hydrogen) atoms. The highest BCUT2D eigenvalue weighted by Crippen LogP contribution is 2.27. The van der Waals surface area contributed by atoms with Crippen LogP contribution in [-0.4, -0.2) is 43.2 Å². The number of benzene rings is 1. The van der Waals surface area contributed by atoms with Gasteiger partial charge < -0.3 is 10.1 Å². The topological polar surface area (TPSA) is 37.4 Å². The number of unbranched alkanes of at least 4 members (excludes halogenated alkanes) is 3. The van der Waals surface area contributed by atoms with Crippen LogP contribution in [0.1, 0.15) is 25.7 Å². The van der Waals surface area contributed by atoms with E-state index in [1.54, 1.807) is 7.11 Å². The normalized spacial score (nSPS) is 10.8. The maximum absolute atomic E-state index is 5.40. The van der Waals surface area contributed by atoms with Crippen LogP contribution in [0, 0.1) is 0 Å². The highest BCUT2D eigenvalue weighted by molar-refractivity contribution is 5.91. The first-order chi connectivity index (χ1) is 12.8. The number of methoxy groups -OCH3 is 1. The zero-order valence-corrected chi connectivity index (χ0v) is 15.9. The first-order valence-corrected chi connectivity index (χ1v) is 9.39. The van der Waals surface area contributed by atoms with Crippen molar-refractivity contribution in [3.05, 3.63) is 55.8 Å². The SMILES string of the molecule is C=CCN(CC=C)CCCCCCNc1cc(OC)cc2cccnc12. The third-order valence-electron chi connectivity index (χ3n) is 4.41. The molecule has 0 amide bonds. The number of ether oxygens (including phenoxy) is 1. The fourth-order valence-corrected chi connectivity index (χ4v) is 3.08. The van der Waals surface area contributed by atoms with Gasteiger partial charge in [-0.15, -0.1) is 13.2 Å². The number of hydrogen-bond acceptors (Lipinski definition) is 4. The van der Waals surface area contributed by atoms with E-state index < -0.39 is 0 Å². The summed E-state index contributed by atoms with van der Waals surface area (Å²) in [6, 6.07) is 8.06. The molecule has 0 unspecified atom stereocenters. The number of nitrogens with one attached hydrogen (secondary N) is 1. The van der Waals surface area contributed by atoms with Crippen LogP contribution in [0.5, 0.6) is 5.75 Å². The molecule has 2 rings (SSSR count). The van der Waals surface area contributed by atoms with E-state index in [1.165, 1.54) is 19.3 Å². The fourth-order valence-electron chi connectivity index (χ4n) is 3.08. The van der Waals surface area contributed by atoms with E-state index in [-0.39, 0.29) is 0 Å². The summed E-state index contributed by atoms with van der Waals surface area (Å²) in [4.78, 5) is 6.87. The van der Waals surface area contributed by atoms with Crippen molar-refractivity contribution in [1.29, 1.82) is 0 Å². The summed E-state index contributed by atoms with van der Waals surface area (Å²) >= 11 is 0. The summed E-state index contributed by atoms with van der Waals surface area (Å²) in [5.74, 6) is 0.859. The molecule has 0 aliphatic rings. The van der Waals surface area contributed by atoms with Crippen molar-refractivity contribution < 1.29 is 4.74 Å². The smallest absolute Gasteiger partial charge is 0.121 e. The van der Waals surface area contributed by atoms with Crippen LogP contribution in [0.3, 0.4) is 0 Å². The Morgan fingerprint density at radius 2 is 1.88 bits per heavy atom. The summed E-state index contributed by atoms with van der Waals surface area (Å²) in [7, 11) is 1.70. The molecule has 0 saturated heterocycles. The summed E-state index contributed by atoms with van der Waals surface area (Å²) in [6.45, 7) is 11.6. The standard InChI is InChI=1S/C22H31N3O/c1-4-14-25(15-5-2)16-9-7-6-8-12-23-21-18-20(26-3)17-19-11-10-13-24-22(19)21/h4-5,10-11,13,17-18,23H,1-2,6-9,12,14-16H2,3H3. The van der Waals surface area contributed by atoms with Gasteiger partial charge in [-0.05, 0) is 31.5 Å². The largest absolute Gasteiger partial charge is 0.497 e. The Morgan fingerprint density at radius 3 is 2.62 bits per heavy atom. The first-order valence-electron chi connectivity index (χ1n) is 9.39. The molecule has 4 nitrogen and oxygen atoms in total. The molecule has 140 valence electrons. The Labute approximate surface area is 157 Å². The first kappa shape index (κ1) is 20.0. The summed E-state index contributed by atoms with van der Waals surface area (Å²) < 4.78 is 5.40. The van der Waals surface area contributed by atoms with Gasteiger partial charge in [0.05, 0.1) is 18.3 Å². The molecule has 1 N–H and O–H groups in total. The van der Waals surface area contributed by atoms with Crippen LogP contribution < -0.4 is 10.1 Å². The molecule has 1 aromatic heterocycles. The highest BCUT2D eigenvalue weighted by atomic mass is 16.5. The Hall–Kier alpha value is -2.33. The van der Waals surface area contributed by atoms with Crippen molar-refractivity contribution >= 4 is 16.6 Å². The maximum atomic E-state index is 5.40. The summed E-state index contributed by atoms with van der Waals surface area (Å²) in [5, 5.41) is 4.62. The van der Waals surface area contributed by atoms with Crippen LogP contribution in [0.25, 0.3) is 10.9 Å². The quantitative estimate of drug-likeness (QED) is 0.411. The zero-order chi connectivity index (χ0) is 18.6. The highest BCUT2D eigenvalue weighted by Gasteiger charge is 2.05. The Kier molecular flexibility index (Phi) is 8.70. The zero-order valence-electron chi connectivity index (χ0n) is 15.9. The Balaban J connectivity index is 1.74. The molecule has 0 radical (unpaired) electrons. The van der Waals surface area contributed by atoms with Gasteiger partial charge in [0.1, 0.15) is 5.75 Å². The number of aromatic nitrogens is 1. The molecule has 0 spiro atoms. The van der Waals surface area contributed by atoms with E-state index in [0.717, 1.165) is 54.9 Å². The number of hydrogen-bond donors (Lipinski definition) is 1. The minimum Gasteiger partial charge on any atom is -0.497 e. The van der Waals surface area contributed by atoms with Crippen molar-refractivity contribution in [2.24, 2.45) is 0 Å². The van der Waals surface area contributed by atoms with E-state index in [0.29, 0.717) is 0 Å². The van der Waals surface area contributed by atoms with Gasteiger partial charge in [0.25, 0.3) is 0 Å². The van der Waals surface area contributed by atoms with Gasteiger partial charge in [-0.1, -0.05) is 31.1 Å². The second-order valence-corrected chi connectivity index (χ2v) is 6.43. The average molecular weight is 354 g/mol. The van der Waals surface area contributed by atoms with Crippen molar-refractivity contribution in [3.8, 4) is 5.75 Å². The molecule has 1 heterocycles. The van der Waals surface area contributed by atoms with E-state index in [1.807, 2.05) is 36.5 Å². The van der Waals surface area contributed by atoms with Crippen molar-refractivity contribution in [1.82, 2.24) is 9.88 Å². The molecule has 0 atom stereocenters. The molecule has 0 saturated carbocycles. The van der Waals surface area contributed by atoms with Crippen LogP contribution >= 0.6 is 0 Å².